The largest absolute Gasteiger partial charge is 3.00 e. The van der Waals surface area contributed by atoms with E-state index in [9.17, 15) is 0 Å². The summed E-state index contributed by atoms with van der Waals surface area (Å²) in [6.45, 7) is 0. The second kappa shape index (κ2) is 9.40. The maximum absolute atomic E-state index is 8.93. The minimum absolute atomic E-state index is 0. The monoisotopic (exact) mass is 288 g/mol. The van der Waals surface area contributed by atoms with E-state index in [0.717, 1.165) is 0 Å². The molecule has 8 heteroatoms. The zero-order chi connectivity index (χ0) is 8.73. The van der Waals surface area contributed by atoms with Crippen LogP contribution in [0.1, 0.15) is 0 Å². The molecule has 0 aromatic rings. The Morgan fingerprint density at radius 2 is 1.00 bits per heavy atom. The topological polar surface area (TPSA) is 141 Å². The van der Waals surface area contributed by atoms with E-state index in [-0.39, 0.29) is 35.6 Å². The summed E-state index contributed by atoms with van der Waals surface area (Å²) < 4.78 is 0. The van der Waals surface area contributed by atoms with Gasteiger partial charge in [-0.25, -0.2) is 0 Å². The molecular formula is C3HLaO7. The van der Waals surface area contributed by atoms with Gasteiger partial charge < -0.3 is 34.8 Å². The van der Waals surface area contributed by atoms with Crippen LogP contribution in [-0.2, 0) is 9.59 Å². The van der Waals surface area contributed by atoms with Crippen molar-refractivity contribution in [2.45, 2.75) is 0 Å². The van der Waals surface area contributed by atoms with E-state index in [2.05, 4.69) is 0 Å². The molecule has 0 radical (unpaired) electrons. The van der Waals surface area contributed by atoms with Crippen LogP contribution < -0.4 is 15.3 Å². The van der Waals surface area contributed by atoms with Crippen molar-refractivity contribution in [3.8, 4) is 0 Å². The maximum Gasteiger partial charge on any atom is 3.00 e. The van der Waals surface area contributed by atoms with E-state index in [1.165, 1.54) is 0 Å². The van der Waals surface area contributed by atoms with Gasteiger partial charge in [-0.3, -0.25) is 0 Å². The van der Waals surface area contributed by atoms with Crippen LogP contribution in [0.4, 0.5) is 4.79 Å². The summed E-state index contributed by atoms with van der Waals surface area (Å²) in [5, 5.41) is 33.2. The summed E-state index contributed by atoms with van der Waals surface area (Å²) in [5.74, 6) is -4.37. The van der Waals surface area contributed by atoms with Gasteiger partial charge >= 0.3 is 35.6 Å². The average molecular weight is 288 g/mol. The van der Waals surface area contributed by atoms with Crippen LogP contribution in [0.15, 0.2) is 0 Å². The quantitative estimate of drug-likeness (QED) is 0.442. The molecule has 0 saturated heterocycles. The third-order valence-electron chi connectivity index (χ3n) is 0.167. The molecular weight excluding hydrogens is 287 g/mol. The second-order valence-electron chi connectivity index (χ2n) is 0.841. The van der Waals surface area contributed by atoms with Crippen LogP contribution in [0.25, 0.3) is 0 Å². The zero-order valence-corrected chi connectivity index (χ0v) is 8.60. The van der Waals surface area contributed by atoms with Gasteiger partial charge in [-0.05, 0) is 0 Å². The van der Waals surface area contributed by atoms with Crippen LogP contribution >= 0.6 is 0 Å². The first kappa shape index (κ1) is 16.8. The predicted octanol–water partition coefficient (Wildman–Crippen LogP) is -4.63. The van der Waals surface area contributed by atoms with E-state index in [4.69, 9.17) is 34.8 Å². The van der Waals surface area contributed by atoms with Gasteiger partial charge in [0.15, 0.2) is 0 Å². The third kappa shape index (κ3) is 44.5. The van der Waals surface area contributed by atoms with E-state index >= 15 is 0 Å². The molecule has 0 heterocycles. The van der Waals surface area contributed by atoms with Crippen LogP contribution in [0.2, 0.25) is 0 Å². The first-order valence-corrected chi connectivity index (χ1v) is 1.70. The minimum atomic E-state index is -2.19. The smallest absolute Gasteiger partial charge is 0.565 e. The molecule has 0 rings (SSSR count). The first-order valence-electron chi connectivity index (χ1n) is 1.70. The van der Waals surface area contributed by atoms with E-state index in [1.807, 2.05) is 0 Å². The Kier molecular flexibility index (Phi) is 14.4. The van der Waals surface area contributed by atoms with Crippen molar-refractivity contribution in [1.29, 1.82) is 0 Å². The summed E-state index contributed by atoms with van der Waals surface area (Å²) >= 11 is 0. The Morgan fingerprint density at radius 1 is 0.909 bits per heavy atom. The molecule has 0 aliphatic heterocycles. The molecule has 0 bridgehead atoms. The molecule has 0 spiro atoms. The Balaban J connectivity index is -0.000000114. The van der Waals surface area contributed by atoms with Crippen molar-refractivity contribution >= 4 is 18.1 Å². The fourth-order valence-corrected chi connectivity index (χ4v) is 0. The molecule has 0 aliphatic rings. The van der Waals surface area contributed by atoms with Gasteiger partial charge in [-0.1, -0.05) is 0 Å². The maximum atomic E-state index is 8.93. The van der Waals surface area contributed by atoms with Gasteiger partial charge in [0.05, 0.1) is 11.9 Å². The van der Waals surface area contributed by atoms with Crippen LogP contribution in [0.3, 0.4) is 0 Å². The molecule has 1 N–H and O–H groups in total. The molecule has 0 aromatic heterocycles. The fourth-order valence-electron chi connectivity index (χ4n) is 0. The van der Waals surface area contributed by atoms with Gasteiger partial charge in [0.1, 0.15) is 0 Å². The van der Waals surface area contributed by atoms with Gasteiger partial charge in [0, 0.05) is 0 Å². The van der Waals surface area contributed by atoms with Crippen LogP contribution in [0, 0.1) is 35.6 Å². The minimum Gasteiger partial charge on any atom is -0.565 e. The molecule has 0 atom stereocenters. The SMILES string of the molecule is O=C([O-])C(=O)[O-].O=C([O-])O.[La+3]. The van der Waals surface area contributed by atoms with Crippen molar-refractivity contribution in [2.75, 3.05) is 0 Å². The summed E-state index contributed by atoms with van der Waals surface area (Å²) in [7, 11) is 0. The number of carbonyl (C=O) groups excluding carboxylic acids is 2. The molecule has 0 aromatic carbocycles. The van der Waals surface area contributed by atoms with Gasteiger partial charge in [0.2, 0.25) is 6.16 Å². The van der Waals surface area contributed by atoms with Crippen molar-refractivity contribution in [2.24, 2.45) is 0 Å². The van der Waals surface area contributed by atoms with E-state index < -0.39 is 18.1 Å². The summed E-state index contributed by atoms with van der Waals surface area (Å²) in [6.07, 6.45) is -2.08. The Morgan fingerprint density at radius 3 is 1.00 bits per heavy atom. The Labute approximate surface area is 88.2 Å². The predicted molar refractivity (Wildman–Crippen MR) is 18.0 cm³/mol. The summed E-state index contributed by atoms with van der Waals surface area (Å²) in [4.78, 5) is 26.3. The van der Waals surface area contributed by atoms with Crippen molar-refractivity contribution < 1.29 is 70.4 Å². The molecule has 0 unspecified atom stereocenters. The van der Waals surface area contributed by atoms with Crippen molar-refractivity contribution in [3.63, 3.8) is 0 Å². The Hall–Kier alpha value is -0.595. The normalized spacial score (nSPS) is 6.18. The van der Waals surface area contributed by atoms with Crippen molar-refractivity contribution in [1.82, 2.24) is 0 Å². The van der Waals surface area contributed by atoms with Crippen LogP contribution in [0.5, 0.6) is 0 Å². The average Bonchev–Trinajstić information content (AvgIpc) is 1.63. The van der Waals surface area contributed by atoms with Crippen LogP contribution in [-0.4, -0.2) is 23.2 Å². The molecule has 0 amide bonds. The number of hydrogen-bond acceptors (Lipinski definition) is 6. The molecule has 0 saturated carbocycles. The van der Waals surface area contributed by atoms with Crippen molar-refractivity contribution in [3.05, 3.63) is 0 Å². The Bertz CT molecular complexity index is 136. The van der Waals surface area contributed by atoms with E-state index in [1.54, 1.807) is 0 Å². The third-order valence-corrected chi connectivity index (χ3v) is 0.167. The molecule has 0 aliphatic carbocycles. The first-order chi connectivity index (χ1) is 4.37. The van der Waals surface area contributed by atoms with E-state index in [0.29, 0.717) is 0 Å². The number of aliphatic carboxylic acids is 2. The van der Waals surface area contributed by atoms with Gasteiger partial charge in [-0.15, -0.1) is 0 Å². The number of carboxylic acid groups (broad SMARTS) is 4. The summed E-state index contributed by atoms with van der Waals surface area (Å²) in [6, 6.07) is 0. The van der Waals surface area contributed by atoms with Gasteiger partial charge in [0.25, 0.3) is 0 Å². The standard InChI is InChI=1S/C2H2O4.CH2O3.La/c3-1(4)2(5)6;2-1(3)4;/h(H,3,4)(H,5,6);(H2,2,3,4);/q;;+3/p-3. The zero-order valence-electron chi connectivity index (χ0n) is 4.97. The molecule has 58 valence electrons. The molecule has 0 fully saturated rings. The number of hydrogen-bond donors (Lipinski definition) is 1. The number of rotatable bonds is 0. The number of carbonyl (C=O) groups is 3. The summed E-state index contributed by atoms with van der Waals surface area (Å²) in [5.41, 5.74) is 0. The molecule has 11 heavy (non-hydrogen) atoms. The molecule has 7 nitrogen and oxygen atoms in total. The number of carboxylic acids is 2. The van der Waals surface area contributed by atoms with Gasteiger partial charge in [-0.2, -0.15) is 0 Å². The second-order valence-corrected chi connectivity index (χ2v) is 0.841. The fraction of sp³-hybridized carbons (Fsp3) is 0.